The molecule has 52 heavy (non-hydrogen) atoms. The molecule has 0 bridgehead atoms. The molecule has 0 fully saturated rings. The monoisotopic (exact) mass is 672 g/mol. The van der Waals surface area contributed by atoms with Crippen molar-refractivity contribution in [2.75, 3.05) is 9.80 Å². The molecule has 0 aliphatic heterocycles. The first-order valence-electron chi connectivity index (χ1n) is 18.1. The summed E-state index contributed by atoms with van der Waals surface area (Å²) in [5.74, 6) is 0. The van der Waals surface area contributed by atoms with Gasteiger partial charge in [-0.15, -0.1) is 0 Å². The van der Waals surface area contributed by atoms with E-state index in [1.165, 1.54) is 11.1 Å². The summed E-state index contributed by atoms with van der Waals surface area (Å²) < 4.78 is 0. The van der Waals surface area contributed by atoms with Gasteiger partial charge in [0.25, 0.3) is 0 Å². The molecule has 0 saturated heterocycles. The maximum atomic E-state index is 5.39. The van der Waals surface area contributed by atoms with Crippen LogP contribution in [0.2, 0.25) is 0 Å². The van der Waals surface area contributed by atoms with E-state index < -0.39 is 0 Å². The highest BCUT2D eigenvalue weighted by molar-refractivity contribution is 5.90. The summed E-state index contributed by atoms with van der Waals surface area (Å²) >= 11 is 0. The molecule has 4 nitrogen and oxygen atoms in total. The van der Waals surface area contributed by atoms with Gasteiger partial charge in [0.05, 0.1) is 22.4 Å². The lowest BCUT2D eigenvalue weighted by atomic mass is 10.00. The van der Waals surface area contributed by atoms with Crippen molar-refractivity contribution in [2.45, 2.75) is 26.7 Å². The van der Waals surface area contributed by atoms with Crippen LogP contribution in [0.25, 0.3) is 33.5 Å². The zero-order valence-corrected chi connectivity index (χ0v) is 29.5. The van der Waals surface area contributed by atoms with Gasteiger partial charge in [0, 0.05) is 45.3 Å². The number of para-hydroxylation sites is 3. The SMILES string of the molecule is CCc1ccc(CC)c2nc(-c3ccc(N(c4ccccc4)c4ccc(N(c5ccccc5)c5ccccc5)cc4)cc3)c(-c3ccccc3)nc12. The van der Waals surface area contributed by atoms with Crippen molar-refractivity contribution in [1.82, 2.24) is 9.97 Å². The maximum Gasteiger partial charge on any atom is 0.0973 e. The topological polar surface area (TPSA) is 32.3 Å². The normalized spacial score (nSPS) is 11.0. The van der Waals surface area contributed by atoms with Crippen LogP contribution >= 0.6 is 0 Å². The maximum absolute atomic E-state index is 5.39. The molecular weight excluding hydrogens is 633 g/mol. The van der Waals surface area contributed by atoms with Gasteiger partial charge in [-0.05, 0) is 96.8 Å². The lowest BCUT2D eigenvalue weighted by molar-refractivity contribution is 1.10. The molecule has 0 amide bonds. The van der Waals surface area contributed by atoms with Gasteiger partial charge < -0.3 is 9.80 Å². The number of fused-ring (bicyclic) bond motifs is 1. The molecule has 1 aromatic heterocycles. The lowest BCUT2D eigenvalue weighted by Gasteiger charge is -2.28. The summed E-state index contributed by atoms with van der Waals surface area (Å²) in [4.78, 5) is 15.3. The predicted octanol–water partition coefficient (Wildman–Crippen LogP) is 13.0. The van der Waals surface area contributed by atoms with Crippen molar-refractivity contribution in [3.63, 3.8) is 0 Å². The van der Waals surface area contributed by atoms with E-state index >= 15 is 0 Å². The van der Waals surface area contributed by atoms with Gasteiger partial charge in [-0.2, -0.15) is 0 Å². The minimum absolute atomic E-state index is 0.894. The van der Waals surface area contributed by atoms with Gasteiger partial charge in [-0.1, -0.05) is 123 Å². The van der Waals surface area contributed by atoms with Crippen LogP contribution < -0.4 is 9.80 Å². The number of aromatic nitrogens is 2. The molecule has 1 heterocycles. The fraction of sp³-hybridized carbons (Fsp3) is 0.0833. The summed E-state index contributed by atoms with van der Waals surface area (Å²) in [6.07, 6.45) is 1.81. The zero-order chi connectivity index (χ0) is 35.3. The Morgan fingerprint density at radius 3 is 0.962 bits per heavy atom. The van der Waals surface area contributed by atoms with Crippen LogP contribution in [0.1, 0.15) is 25.0 Å². The highest BCUT2D eigenvalue weighted by atomic mass is 15.2. The number of hydrogen-bond donors (Lipinski definition) is 0. The first-order valence-corrected chi connectivity index (χ1v) is 18.1. The zero-order valence-electron chi connectivity index (χ0n) is 29.5. The second kappa shape index (κ2) is 14.8. The Labute approximate surface area is 306 Å². The number of rotatable bonds is 10. The van der Waals surface area contributed by atoms with Crippen molar-refractivity contribution in [3.05, 3.63) is 193 Å². The Kier molecular flexibility index (Phi) is 9.27. The van der Waals surface area contributed by atoms with E-state index in [1.54, 1.807) is 0 Å². The number of aryl methyl sites for hydroxylation is 2. The fourth-order valence-corrected chi connectivity index (χ4v) is 6.96. The first-order chi connectivity index (χ1) is 25.7. The van der Waals surface area contributed by atoms with E-state index in [-0.39, 0.29) is 0 Å². The smallest absolute Gasteiger partial charge is 0.0973 e. The van der Waals surface area contributed by atoms with Crippen LogP contribution in [0, 0.1) is 0 Å². The average molecular weight is 673 g/mol. The molecule has 0 atom stereocenters. The third-order valence-corrected chi connectivity index (χ3v) is 9.61. The number of hydrogen-bond acceptors (Lipinski definition) is 4. The Balaban J connectivity index is 1.21. The standard InChI is InChI=1S/C48H40N4/c1-3-35-25-26-36(4-2)46-45(35)49-47(37-17-9-5-10-18-37)48(50-46)38-27-29-42(30-28-38)52(41-23-15-8-16-24-41)44-33-31-43(32-34-44)51(39-19-11-6-12-20-39)40-21-13-7-14-22-40/h5-34H,3-4H2,1-2H3. The highest BCUT2D eigenvalue weighted by Gasteiger charge is 2.19. The minimum Gasteiger partial charge on any atom is -0.311 e. The Bertz CT molecular complexity index is 2350. The predicted molar refractivity (Wildman–Crippen MR) is 219 cm³/mol. The summed E-state index contributed by atoms with van der Waals surface area (Å²) in [5.41, 5.74) is 14.8. The van der Waals surface area contributed by atoms with Gasteiger partial charge in [-0.25, -0.2) is 9.97 Å². The third kappa shape index (κ3) is 6.43. The third-order valence-electron chi connectivity index (χ3n) is 9.61. The highest BCUT2D eigenvalue weighted by Crippen LogP contribution is 2.40. The van der Waals surface area contributed by atoms with Gasteiger partial charge in [-0.3, -0.25) is 0 Å². The van der Waals surface area contributed by atoms with Gasteiger partial charge >= 0.3 is 0 Å². The molecule has 8 rings (SSSR count). The van der Waals surface area contributed by atoms with Gasteiger partial charge in [0.1, 0.15) is 0 Å². The van der Waals surface area contributed by atoms with Crippen LogP contribution in [-0.4, -0.2) is 9.97 Å². The van der Waals surface area contributed by atoms with Crippen molar-refractivity contribution in [2.24, 2.45) is 0 Å². The van der Waals surface area contributed by atoms with Crippen LogP contribution in [0.4, 0.5) is 34.1 Å². The quantitative estimate of drug-likeness (QED) is 0.145. The van der Waals surface area contributed by atoms with Crippen molar-refractivity contribution < 1.29 is 0 Å². The average Bonchev–Trinajstić information content (AvgIpc) is 3.22. The number of nitrogens with zero attached hydrogens (tertiary/aromatic N) is 4. The van der Waals surface area contributed by atoms with E-state index in [0.29, 0.717) is 0 Å². The molecule has 8 aromatic rings. The second-order valence-corrected chi connectivity index (χ2v) is 12.8. The largest absolute Gasteiger partial charge is 0.311 e. The van der Waals surface area contributed by atoms with Gasteiger partial charge in [0.2, 0.25) is 0 Å². The minimum atomic E-state index is 0.894. The van der Waals surface area contributed by atoms with Crippen molar-refractivity contribution in [3.8, 4) is 22.5 Å². The summed E-state index contributed by atoms with van der Waals surface area (Å²) in [6, 6.07) is 64.0. The Morgan fingerprint density at radius 2 is 0.615 bits per heavy atom. The van der Waals surface area contributed by atoms with E-state index in [4.69, 9.17) is 9.97 Å². The summed E-state index contributed by atoms with van der Waals surface area (Å²) in [5, 5.41) is 0. The van der Waals surface area contributed by atoms with Crippen LogP contribution in [0.5, 0.6) is 0 Å². The van der Waals surface area contributed by atoms with Gasteiger partial charge in [0.15, 0.2) is 0 Å². The molecule has 4 heteroatoms. The first kappa shape index (κ1) is 32.7. The molecule has 0 saturated carbocycles. The molecule has 7 aromatic carbocycles. The molecule has 0 aliphatic carbocycles. The number of benzene rings is 7. The molecule has 0 aliphatic rings. The molecule has 0 spiro atoms. The summed E-state index contributed by atoms with van der Waals surface area (Å²) in [7, 11) is 0. The second-order valence-electron chi connectivity index (χ2n) is 12.8. The summed E-state index contributed by atoms with van der Waals surface area (Å²) in [6.45, 7) is 4.37. The van der Waals surface area contributed by atoms with E-state index in [2.05, 4.69) is 200 Å². The Hall–Kier alpha value is -6.52. The van der Waals surface area contributed by atoms with Crippen LogP contribution in [0.3, 0.4) is 0 Å². The molecule has 252 valence electrons. The van der Waals surface area contributed by atoms with Crippen molar-refractivity contribution >= 4 is 45.2 Å². The number of anilines is 6. The van der Waals surface area contributed by atoms with Crippen LogP contribution in [0.15, 0.2) is 182 Å². The van der Waals surface area contributed by atoms with E-state index in [0.717, 1.165) is 80.5 Å². The fourth-order valence-electron chi connectivity index (χ4n) is 6.96. The van der Waals surface area contributed by atoms with E-state index in [1.807, 2.05) is 6.07 Å². The molecule has 0 radical (unpaired) electrons. The lowest BCUT2D eigenvalue weighted by Crippen LogP contribution is -2.12. The van der Waals surface area contributed by atoms with Crippen LogP contribution in [-0.2, 0) is 12.8 Å². The van der Waals surface area contributed by atoms with Crippen molar-refractivity contribution in [1.29, 1.82) is 0 Å². The van der Waals surface area contributed by atoms with E-state index in [9.17, 15) is 0 Å². The Morgan fingerprint density at radius 1 is 0.327 bits per heavy atom. The molecule has 0 unspecified atom stereocenters. The molecular formula is C48H40N4. The molecule has 0 N–H and O–H groups in total.